The highest BCUT2D eigenvalue weighted by atomic mass is 32.2. The summed E-state index contributed by atoms with van der Waals surface area (Å²) < 4.78 is 50.7. The number of halogens is 3. The van der Waals surface area contributed by atoms with Crippen molar-refractivity contribution in [1.29, 1.82) is 0 Å². The molecule has 47 heavy (non-hydrogen) atoms. The number of alkyl halides is 3. The number of nitrogens with one attached hydrogen (secondary N) is 1. The zero-order valence-electron chi connectivity index (χ0n) is 27.5. The highest BCUT2D eigenvalue weighted by Gasteiger charge is 2.48. The van der Waals surface area contributed by atoms with Gasteiger partial charge in [0.1, 0.15) is 23.3 Å². The average molecular weight is 668 g/mol. The minimum atomic E-state index is -4.40. The Labute approximate surface area is 279 Å². The summed E-state index contributed by atoms with van der Waals surface area (Å²) >= 11 is 1.39. The zero-order chi connectivity index (χ0) is 33.7. The molecule has 0 saturated carbocycles. The molecule has 0 spiro atoms. The van der Waals surface area contributed by atoms with Crippen molar-refractivity contribution < 1.29 is 17.9 Å². The SMILES string of the molecule is CC(C)(CN)CN1CCCCCCc2ccccc2-c2nc(ccc2-n2ccc(OCC(C)(C)C(F)(F)F)n2)NSc2cccc1n2. The molecule has 1 aromatic carbocycles. The Morgan fingerprint density at radius 3 is 2.49 bits per heavy atom. The van der Waals surface area contributed by atoms with E-state index in [9.17, 15) is 13.2 Å². The number of hydrogen-bond donors (Lipinski definition) is 2. The van der Waals surface area contributed by atoms with Crippen molar-refractivity contribution in [3.63, 3.8) is 0 Å². The molecule has 3 aromatic heterocycles. The summed E-state index contributed by atoms with van der Waals surface area (Å²) in [6, 6.07) is 19.6. The van der Waals surface area contributed by atoms with Crippen molar-refractivity contribution in [3.8, 4) is 22.8 Å². The van der Waals surface area contributed by atoms with Crippen LogP contribution in [-0.4, -0.2) is 52.2 Å². The van der Waals surface area contributed by atoms with Gasteiger partial charge in [-0.2, -0.15) is 13.2 Å². The van der Waals surface area contributed by atoms with Crippen molar-refractivity contribution in [2.45, 2.75) is 71.0 Å². The van der Waals surface area contributed by atoms with Crippen molar-refractivity contribution in [1.82, 2.24) is 19.7 Å². The Balaban J connectivity index is 1.47. The Bertz CT molecular complexity index is 1640. The predicted molar refractivity (Wildman–Crippen MR) is 183 cm³/mol. The summed E-state index contributed by atoms with van der Waals surface area (Å²) in [4.78, 5) is 12.4. The van der Waals surface area contributed by atoms with E-state index >= 15 is 0 Å². The number of nitrogens with two attached hydrogens (primary N) is 1. The van der Waals surface area contributed by atoms with E-state index in [0.717, 1.165) is 75.4 Å². The van der Waals surface area contributed by atoms with Crippen LogP contribution in [0, 0.1) is 10.8 Å². The molecule has 0 saturated heterocycles. The van der Waals surface area contributed by atoms with E-state index in [4.69, 9.17) is 20.4 Å². The molecule has 3 N–H and O–H groups in total. The first kappa shape index (κ1) is 34.6. The molecular formula is C35H44F3N7OS. The van der Waals surface area contributed by atoms with E-state index in [0.29, 0.717) is 23.7 Å². The Kier molecular flexibility index (Phi) is 10.7. The minimum Gasteiger partial charge on any atom is -0.476 e. The maximum atomic E-state index is 13.4. The Morgan fingerprint density at radius 2 is 1.70 bits per heavy atom. The van der Waals surface area contributed by atoms with Crippen molar-refractivity contribution in [2.24, 2.45) is 16.6 Å². The maximum absolute atomic E-state index is 13.4. The third-order valence-corrected chi connectivity index (χ3v) is 9.14. The summed E-state index contributed by atoms with van der Waals surface area (Å²) in [6.45, 7) is 8.37. The maximum Gasteiger partial charge on any atom is 0.397 e. The van der Waals surface area contributed by atoms with Gasteiger partial charge in [-0.1, -0.05) is 57.0 Å². The summed E-state index contributed by atoms with van der Waals surface area (Å²) in [7, 11) is 0. The minimum absolute atomic E-state index is 0.0469. The van der Waals surface area contributed by atoms with Crippen LogP contribution in [0.15, 0.2) is 71.9 Å². The first-order valence-corrected chi connectivity index (χ1v) is 16.9. The van der Waals surface area contributed by atoms with Gasteiger partial charge in [0, 0.05) is 42.9 Å². The molecule has 0 aliphatic carbocycles. The lowest BCUT2D eigenvalue weighted by Gasteiger charge is -2.33. The highest BCUT2D eigenvalue weighted by molar-refractivity contribution is 8.00. The van der Waals surface area contributed by atoms with Crippen LogP contribution < -0.4 is 20.1 Å². The molecule has 252 valence electrons. The lowest BCUT2D eigenvalue weighted by Crippen LogP contribution is -2.39. The molecule has 5 rings (SSSR count). The second-order valence-corrected chi connectivity index (χ2v) is 14.3. The number of nitrogens with zero attached hydrogens (tertiary/aromatic N) is 5. The number of pyridine rings is 2. The lowest BCUT2D eigenvalue weighted by molar-refractivity contribution is -0.219. The van der Waals surface area contributed by atoms with Crippen LogP contribution in [0.4, 0.5) is 24.8 Å². The van der Waals surface area contributed by atoms with Crippen LogP contribution in [0.3, 0.4) is 0 Å². The van der Waals surface area contributed by atoms with E-state index in [2.05, 4.69) is 46.8 Å². The highest BCUT2D eigenvalue weighted by Crippen LogP contribution is 2.38. The Hall–Kier alpha value is -3.77. The topological polar surface area (TPSA) is 94.1 Å². The van der Waals surface area contributed by atoms with Gasteiger partial charge in [-0.25, -0.2) is 14.6 Å². The van der Waals surface area contributed by atoms with E-state index in [1.54, 1.807) is 16.9 Å². The molecule has 1 aliphatic rings. The van der Waals surface area contributed by atoms with Gasteiger partial charge in [0.15, 0.2) is 0 Å². The standard InChI is InChI=1S/C35H44F3N7OS/c1-33(2,22-39)23-44-20-10-6-5-7-12-25-13-8-9-14-26(25)32-27(17-18-28(40-32)43-47-31-16-11-15-29(44)41-31)45-21-19-30(42-45)46-24-34(3,4)35(36,37)38/h8-9,11,13-19,21H,5-7,10,12,20,22-24,39H2,1-4H3,(H,40,43). The molecule has 0 atom stereocenters. The fraction of sp³-hybridized carbons (Fsp3) is 0.457. The van der Waals surface area contributed by atoms with Crippen molar-refractivity contribution in [2.75, 3.05) is 35.9 Å². The molecule has 1 aliphatic heterocycles. The number of benzene rings is 1. The number of rotatable bonds is 7. The number of fused-ring (bicyclic) bond motifs is 6. The van der Waals surface area contributed by atoms with Gasteiger partial charge in [0.05, 0.1) is 16.8 Å². The largest absolute Gasteiger partial charge is 0.476 e. The van der Waals surface area contributed by atoms with Crippen molar-refractivity contribution >= 4 is 23.6 Å². The second-order valence-electron chi connectivity index (χ2n) is 13.5. The monoisotopic (exact) mass is 667 g/mol. The summed E-state index contributed by atoms with van der Waals surface area (Å²) in [5, 5.41) is 5.30. The van der Waals surface area contributed by atoms with E-state index in [1.165, 1.54) is 17.5 Å². The van der Waals surface area contributed by atoms with Gasteiger partial charge < -0.3 is 20.1 Å². The third kappa shape index (κ3) is 8.78. The lowest BCUT2D eigenvalue weighted by atomic mass is 9.93. The molecule has 8 nitrogen and oxygen atoms in total. The zero-order valence-corrected chi connectivity index (χ0v) is 28.3. The van der Waals surface area contributed by atoms with E-state index in [-0.39, 0.29) is 11.3 Å². The van der Waals surface area contributed by atoms with Crippen LogP contribution >= 0.6 is 11.9 Å². The number of anilines is 2. The van der Waals surface area contributed by atoms with Gasteiger partial charge >= 0.3 is 6.18 Å². The van der Waals surface area contributed by atoms with Crippen LogP contribution in [0.2, 0.25) is 0 Å². The van der Waals surface area contributed by atoms with Crippen LogP contribution in [0.25, 0.3) is 16.9 Å². The predicted octanol–water partition coefficient (Wildman–Crippen LogP) is 8.32. The fourth-order valence-electron chi connectivity index (χ4n) is 5.28. The first-order chi connectivity index (χ1) is 22.3. The molecule has 0 radical (unpaired) electrons. The van der Waals surface area contributed by atoms with Gasteiger partial charge in [0.2, 0.25) is 5.88 Å². The molecule has 0 unspecified atom stereocenters. The smallest absolute Gasteiger partial charge is 0.397 e. The van der Waals surface area contributed by atoms with Crippen LogP contribution in [-0.2, 0) is 6.42 Å². The average Bonchev–Trinajstić information content (AvgIpc) is 3.52. The fourth-order valence-corrected chi connectivity index (χ4v) is 5.89. The number of ether oxygens (including phenoxy) is 1. The summed E-state index contributed by atoms with van der Waals surface area (Å²) in [5.41, 5.74) is 7.59. The van der Waals surface area contributed by atoms with Gasteiger partial charge in [-0.3, -0.25) is 0 Å². The van der Waals surface area contributed by atoms with Gasteiger partial charge in [-0.15, -0.1) is 5.10 Å². The molecule has 0 amide bonds. The summed E-state index contributed by atoms with van der Waals surface area (Å²) in [6.07, 6.45) is 2.43. The van der Waals surface area contributed by atoms with Crippen LogP contribution in [0.5, 0.6) is 5.88 Å². The summed E-state index contributed by atoms with van der Waals surface area (Å²) in [5.74, 6) is 1.67. The number of aromatic nitrogens is 4. The molecule has 4 aromatic rings. The number of hydrogen-bond acceptors (Lipinski definition) is 8. The molecule has 4 heterocycles. The van der Waals surface area contributed by atoms with Gasteiger partial charge in [-0.05, 0) is 74.9 Å². The first-order valence-electron chi connectivity index (χ1n) is 16.1. The third-order valence-electron chi connectivity index (χ3n) is 8.39. The normalized spacial score (nSPS) is 15.0. The second kappa shape index (κ2) is 14.6. The van der Waals surface area contributed by atoms with E-state index < -0.39 is 18.2 Å². The molecular weight excluding hydrogens is 623 g/mol. The molecule has 0 fully saturated rings. The van der Waals surface area contributed by atoms with E-state index in [1.807, 2.05) is 36.4 Å². The van der Waals surface area contributed by atoms with Crippen LogP contribution in [0.1, 0.15) is 58.9 Å². The Morgan fingerprint density at radius 1 is 0.915 bits per heavy atom. The van der Waals surface area contributed by atoms with Crippen molar-refractivity contribution in [3.05, 3.63) is 72.4 Å². The quantitative estimate of drug-likeness (QED) is 0.190. The molecule has 12 heteroatoms. The molecule has 4 bridgehead atoms. The number of aryl methyl sites for hydroxylation is 1. The van der Waals surface area contributed by atoms with Gasteiger partial charge in [0.25, 0.3) is 0 Å².